The molecule has 0 heterocycles. The highest BCUT2D eigenvalue weighted by molar-refractivity contribution is 9.10. The van der Waals surface area contributed by atoms with Gasteiger partial charge < -0.3 is 20.7 Å². The van der Waals surface area contributed by atoms with Crippen LogP contribution in [0, 0.1) is 0 Å². The Bertz CT molecular complexity index is 887. The summed E-state index contributed by atoms with van der Waals surface area (Å²) in [6.45, 7) is 2.38. The molecule has 3 N–H and O–H groups in total. The second-order valence-electron chi connectivity index (χ2n) is 6.43. The van der Waals surface area contributed by atoms with E-state index in [9.17, 15) is 9.59 Å². The summed E-state index contributed by atoms with van der Waals surface area (Å²) in [4.78, 5) is 24.5. The van der Waals surface area contributed by atoms with Gasteiger partial charge in [-0.15, -0.1) is 0 Å². The van der Waals surface area contributed by atoms with Gasteiger partial charge in [0.2, 0.25) is 5.91 Å². The van der Waals surface area contributed by atoms with E-state index in [1.54, 1.807) is 36.4 Å². The third-order valence-electron chi connectivity index (χ3n) is 4.06. The lowest BCUT2D eigenvalue weighted by Gasteiger charge is -2.15. The van der Waals surface area contributed by atoms with Gasteiger partial charge in [-0.05, 0) is 66.0 Å². The van der Waals surface area contributed by atoms with Crippen LogP contribution >= 0.6 is 27.5 Å². The molecular formula is C20H21BrClN3O3. The molecule has 1 aliphatic carbocycles. The minimum atomic E-state index is -0.252. The second kappa shape index (κ2) is 9.30. The van der Waals surface area contributed by atoms with E-state index in [2.05, 4.69) is 31.9 Å². The first-order valence-corrected chi connectivity index (χ1v) is 10.2. The lowest BCUT2D eigenvalue weighted by Crippen LogP contribution is -2.26. The Hall–Kier alpha value is -2.25. The molecule has 148 valence electrons. The van der Waals surface area contributed by atoms with Gasteiger partial charge in [-0.25, -0.2) is 0 Å². The molecule has 2 amide bonds. The van der Waals surface area contributed by atoms with Crippen molar-refractivity contribution in [3.63, 3.8) is 0 Å². The second-order valence-corrected chi connectivity index (χ2v) is 7.72. The van der Waals surface area contributed by atoms with Crippen LogP contribution in [0.2, 0.25) is 5.02 Å². The molecule has 3 rings (SSSR count). The summed E-state index contributed by atoms with van der Waals surface area (Å²) in [5.74, 6) is 0.221. The third kappa shape index (κ3) is 5.62. The number of carbonyl (C=O) groups excluding carboxylic acids is 2. The minimum Gasteiger partial charge on any atom is -0.491 e. The Balaban J connectivity index is 1.61. The van der Waals surface area contributed by atoms with Crippen LogP contribution in [0.5, 0.6) is 5.75 Å². The van der Waals surface area contributed by atoms with Gasteiger partial charge in [0.15, 0.2) is 5.75 Å². The van der Waals surface area contributed by atoms with Crippen LogP contribution in [-0.2, 0) is 4.79 Å². The molecule has 8 heteroatoms. The zero-order valence-corrected chi connectivity index (χ0v) is 17.7. The quantitative estimate of drug-likeness (QED) is 0.537. The number of amides is 2. The van der Waals surface area contributed by atoms with Crippen molar-refractivity contribution >= 4 is 50.7 Å². The number of ether oxygens (including phenoxy) is 1. The monoisotopic (exact) mass is 465 g/mol. The third-order valence-corrected chi connectivity index (χ3v) is 4.86. The van der Waals surface area contributed by atoms with Crippen molar-refractivity contribution in [2.75, 3.05) is 23.8 Å². The van der Waals surface area contributed by atoms with E-state index in [-0.39, 0.29) is 24.4 Å². The molecule has 0 aromatic heterocycles. The zero-order valence-electron chi connectivity index (χ0n) is 15.4. The van der Waals surface area contributed by atoms with E-state index < -0.39 is 0 Å². The molecule has 28 heavy (non-hydrogen) atoms. The normalized spacial score (nSPS) is 13.0. The zero-order chi connectivity index (χ0) is 20.1. The maximum Gasteiger partial charge on any atom is 0.251 e. The standard InChI is InChI=1S/C20H21BrClN3O3/c1-2-28-19-16(21)9-13(22)10-17(19)23-11-18(26)24-15-5-3-4-12(8-15)20(27)25-14-6-7-14/h3-5,8-10,14,23H,2,6-7,11H2,1H3,(H,24,26)(H,25,27). The smallest absolute Gasteiger partial charge is 0.251 e. The molecule has 0 saturated heterocycles. The first-order valence-electron chi connectivity index (χ1n) is 9.02. The molecule has 0 spiro atoms. The van der Waals surface area contributed by atoms with Crippen molar-refractivity contribution in [2.45, 2.75) is 25.8 Å². The molecule has 0 aliphatic heterocycles. The Morgan fingerprint density at radius 3 is 2.75 bits per heavy atom. The van der Waals surface area contributed by atoms with Crippen molar-refractivity contribution < 1.29 is 14.3 Å². The number of hydrogen-bond donors (Lipinski definition) is 3. The summed E-state index contributed by atoms with van der Waals surface area (Å²) >= 11 is 9.51. The number of benzene rings is 2. The number of halogens is 2. The van der Waals surface area contributed by atoms with E-state index >= 15 is 0 Å². The molecular weight excluding hydrogens is 446 g/mol. The molecule has 1 fully saturated rings. The van der Waals surface area contributed by atoms with E-state index in [1.807, 2.05) is 6.92 Å². The Labute approximate surface area is 177 Å². The molecule has 0 radical (unpaired) electrons. The molecule has 0 atom stereocenters. The molecule has 2 aromatic carbocycles. The lowest BCUT2D eigenvalue weighted by atomic mass is 10.2. The highest BCUT2D eigenvalue weighted by atomic mass is 79.9. The number of anilines is 2. The van der Waals surface area contributed by atoms with Gasteiger partial charge in [0, 0.05) is 22.3 Å². The number of nitrogens with one attached hydrogen (secondary N) is 3. The van der Waals surface area contributed by atoms with Crippen molar-refractivity contribution in [1.29, 1.82) is 0 Å². The first kappa shape index (κ1) is 20.5. The maximum atomic E-state index is 12.3. The van der Waals surface area contributed by atoms with Gasteiger partial charge in [-0.2, -0.15) is 0 Å². The van der Waals surface area contributed by atoms with Crippen molar-refractivity contribution in [2.24, 2.45) is 0 Å². The largest absolute Gasteiger partial charge is 0.491 e. The van der Waals surface area contributed by atoms with Crippen LogP contribution in [0.4, 0.5) is 11.4 Å². The highest BCUT2D eigenvalue weighted by Gasteiger charge is 2.23. The molecule has 0 unspecified atom stereocenters. The minimum absolute atomic E-state index is 0.0192. The predicted molar refractivity (Wildman–Crippen MR) is 114 cm³/mol. The summed E-state index contributed by atoms with van der Waals surface area (Å²) in [6.07, 6.45) is 2.05. The summed E-state index contributed by atoms with van der Waals surface area (Å²) in [7, 11) is 0. The van der Waals surface area contributed by atoms with Gasteiger partial charge in [-0.1, -0.05) is 17.7 Å². The summed E-state index contributed by atoms with van der Waals surface area (Å²) in [5, 5.41) is 9.28. The van der Waals surface area contributed by atoms with E-state index in [4.69, 9.17) is 16.3 Å². The molecule has 2 aromatic rings. The van der Waals surface area contributed by atoms with Gasteiger partial charge in [0.1, 0.15) is 0 Å². The summed E-state index contributed by atoms with van der Waals surface area (Å²) < 4.78 is 6.32. The van der Waals surface area contributed by atoms with Crippen LogP contribution < -0.4 is 20.7 Å². The number of rotatable bonds is 8. The first-order chi connectivity index (χ1) is 13.5. The van der Waals surface area contributed by atoms with E-state index in [0.717, 1.165) is 12.8 Å². The number of hydrogen-bond acceptors (Lipinski definition) is 4. The molecule has 0 bridgehead atoms. The van der Waals surface area contributed by atoms with Crippen LogP contribution in [0.15, 0.2) is 40.9 Å². The Morgan fingerprint density at radius 2 is 2.04 bits per heavy atom. The SMILES string of the molecule is CCOc1c(Br)cc(Cl)cc1NCC(=O)Nc1cccc(C(=O)NC2CC2)c1. The number of carbonyl (C=O) groups is 2. The van der Waals surface area contributed by atoms with Gasteiger partial charge in [0.05, 0.1) is 23.3 Å². The van der Waals surface area contributed by atoms with E-state index in [1.165, 1.54) is 0 Å². The maximum absolute atomic E-state index is 12.3. The topological polar surface area (TPSA) is 79.5 Å². The fraction of sp³-hybridized carbons (Fsp3) is 0.300. The highest BCUT2D eigenvalue weighted by Crippen LogP contribution is 2.36. The van der Waals surface area contributed by atoms with Crippen LogP contribution in [0.3, 0.4) is 0 Å². The Morgan fingerprint density at radius 1 is 1.25 bits per heavy atom. The fourth-order valence-electron chi connectivity index (χ4n) is 2.60. The average Bonchev–Trinajstić information content (AvgIpc) is 3.46. The Kier molecular flexibility index (Phi) is 6.80. The van der Waals surface area contributed by atoms with Crippen LogP contribution in [0.1, 0.15) is 30.1 Å². The molecule has 1 saturated carbocycles. The van der Waals surface area contributed by atoms with E-state index in [0.29, 0.717) is 38.8 Å². The summed E-state index contributed by atoms with van der Waals surface area (Å²) in [5.41, 5.74) is 1.71. The van der Waals surface area contributed by atoms with Crippen molar-refractivity contribution in [1.82, 2.24) is 5.32 Å². The van der Waals surface area contributed by atoms with Crippen LogP contribution in [0.25, 0.3) is 0 Å². The van der Waals surface area contributed by atoms with Crippen LogP contribution in [-0.4, -0.2) is 31.0 Å². The predicted octanol–water partition coefficient (Wildman–Crippen LogP) is 4.44. The van der Waals surface area contributed by atoms with Gasteiger partial charge in [-0.3, -0.25) is 9.59 Å². The fourth-order valence-corrected chi connectivity index (χ4v) is 3.52. The lowest BCUT2D eigenvalue weighted by molar-refractivity contribution is -0.114. The van der Waals surface area contributed by atoms with Crippen molar-refractivity contribution in [3.8, 4) is 5.75 Å². The van der Waals surface area contributed by atoms with Gasteiger partial charge in [0.25, 0.3) is 5.91 Å². The summed E-state index contributed by atoms with van der Waals surface area (Å²) in [6, 6.07) is 10.6. The molecule has 6 nitrogen and oxygen atoms in total. The van der Waals surface area contributed by atoms with Gasteiger partial charge >= 0.3 is 0 Å². The average molecular weight is 467 g/mol. The van der Waals surface area contributed by atoms with Crippen molar-refractivity contribution in [3.05, 3.63) is 51.5 Å². The molecule has 1 aliphatic rings.